The zero-order valence-electron chi connectivity index (χ0n) is 12.7. The number of carbonyl (C=O) groups is 2. The highest BCUT2D eigenvalue weighted by molar-refractivity contribution is 5.83. The Morgan fingerprint density at radius 2 is 1.87 bits per heavy atom. The number of amides is 2. The summed E-state index contributed by atoms with van der Waals surface area (Å²) in [6.07, 6.45) is 1.19. The molecule has 7 heteroatoms. The van der Waals surface area contributed by atoms with E-state index in [1.54, 1.807) is 4.90 Å². The Kier molecular flexibility index (Phi) is 4.48. The molecule has 1 saturated carbocycles. The summed E-state index contributed by atoms with van der Waals surface area (Å²) in [6.45, 7) is 1.42. The standard InChI is InChI=1S/C16H18N4O3/c17-19-18-15(21)14-12-6-8-20(9-7-13(12)14)16(22)23-10-11-4-2-1-3-5-11/h1-5,12-14H,6-10H2/t12-,13+,14-. The molecule has 7 nitrogen and oxygen atoms in total. The first-order valence-electron chi connectivity index (χ1n) is 7.75. The maximum absolute atomic E-state index is 12.1. The number of rotatable bonds is 3. The number of fused-ring (bicyclic) bond motifs is 1. The fourth-order valence-electron chi connectivity index (χ4n) is 3.42. The smallest absolute Gasteiger partial charge is 0.410 e. The number of benzene rings is 1. The summed E-state index contributed by atoms with van der Waals surface area (Å²) in [5.74, 6) is -0.0316. The van der Waals surface area contributed by atoms with Crippen molar-refractivity contribution in [2.45, 2.75) is 19.4 Å². The second kappa shape index (κ2) is 6.71. The highest BCUT2D eigenvalue weighted by Crippen LogP contribution is 2.52. The van der Waals surface area contributed by atoms with Crippen molar-refractivity contribution in [3.8, 4) is 0 Å². The maximum Gasteiger partial charge on any atom is 0.410 e. The van der Waals surface area contributed by atoms with Crippen molar-refractivity contribution < 1.29 is 14.3 Å². The van der Waals surface area contributed by atoms with Crippen molar-refractivity contribution in [3.05, 3.63) is 46.3 Å². The summed E-state index contributed by atoms with van der Waals surface area (Å²) >= 11 is 0. The summed E-state index contributed by atoms with van der Waals surface area (Å²) < 4.78 is 5.34. The Morgan fingerprint density at radius 3 is 2.48 bits per heavy atom. The van der Waals surface area contributed by atoms with E-state index in [4.69, 9.17) is 10.3 Å². The van der Waals surface area contributed by atoms with Crippen LogP contribution in [0.15, 0.2) is 35.4 Å². The van der Waals surface area contributed by atoms with Crippen LogP contribution in [0.3, 0.4) is 0 Å². The van der Waals surface area contributed by atoms with E-state index in [1.165, 1.54) is 0 Å². The van der Waals surface area contributed by atoms with E-state index in [0.29, 0.717) is 13.1 Å². The van der Waals surface area contributed by atoms with Crippen LogP contribution in [0.1, 0.15) is 18.4 Å². The second-order valence-corrected chi connectivity index (χ2v) is 5.99. The molecule has 2 fully saturated rings. The van der Waals surface area contributed by atoms with Gasteiger partial charge in [0.05, 0.1) is 0 Å². The van der Waals surface area contributed by atoms with Crippen molar-refractivity contribution in [1.82, 2.24) is 4.90 Å². The number of likely N-dealkylation sites (tertiary alicyclic amines) is 1. The molecule has 0 aromatic heterocycles. The van der Waals surface area contributed by atoms with Gasteiger partial charge in [-0.05, 0) is 40.9 Å². The van der Waals surface area contributed by atoms with E-state index >= 15 is 0 Å². The average Bonchev–Trinajstić information content (AvgIpc) is 3.29. The number of ether oxygens (including phenoxy) is 1. The molecule has 3 atom stereocenters. The van der Waals surface area contributed by atoms with Crippen LogP contribution in [-0.2, 0) is 16.1 Å². The minimum absolute atomic E-state index is 0.145. The Labute approximate surface area is 133 Å². The Hall–Kier alpha value is -2.53. The third-order valence-electron chi connectivity index (χ3n) is 4.69. The summed E-state index contributed by atoms with van der Waals surface area (Å²) in [5.41, 5.74) is 9.30. The SMILES string of the molecule is [N-]=[N+]=NC(=O)[C@@H]1[C@@H]2CCN(C(=O)OCc3ccccc3)CC[C@@H]21. The first-order chi connectivity index (χ1) is 11.2. The van der Waals surface area contributed by atoms with E-state index < -0.39 is 0 Å². The quantitative estimate of drug-likeness (QED) is 0.487. The average molecular weight is 314 g/mol. The number of azide groups is 1. The van der Waals surface area contributed by atoms with Crippen LogP contribution in [0.25, 0.3) is 10.4 Å². The van der Waals surface area contributed by atoms with Crippen LogP contribution in [0.4, 0.5) is 4.79 Å². The molecule has 1 saturated heterocycles. The molecular formula is C16H18N4O3. The largest absolute Gasteiger partial charge is 0.445 e. The molecule has 2 aliphatic rings. The molecule has 1 aliphatic carbocycles. The van der Waals surface area contributed by atoms with Gasteiger partial charge in [0.15, 0.2) is 0 Å². The van der Waals surface area contributed by atoms with Crippen molar-refractivity contribution in [2.75, 3.05) is 13.1 Å². The Balaban J connectivity index is 1.48. The summed E-state index contributed by atoms with van der Waals surface area (Å²) in [5, 5.41) is 3.19. The minimum Gasteiger partial charge on any atom is -0.445 e. The van der Waals surface area contributed by atoms with Gasteiger partial charge >= 0.3 is 6.09 Å². The monoisotopic (exact) mass is 314 g/mol. The molecule has 1 heterocycles. The van der Waals surface area contributed by atoms with Gasteiger partial charge in [0.2, 0.25) is 5.91 Å². The molecule has 0 bridgehead atoms. The predicted octanol–water partition coefficient (Wildman–Crippen LogP) is 3.12. The molecule has 0 spiro atoms. The fourth-order valence-corrected chi connectivity index (χ4v) is 3.42. The van der Waals surface area contributed by atoms with Crippen LogP contribution >= 0.6 is 0 Å². The highest BCUT2D eigenvalue weighted by Gasteiger charge is 2.54. The molecule has 1 aromatic carbocycles. The van der Waals surface area contributed by atoms with Crippen LogP contribution in [-0.4, -0.2) is 30.0 Å². The lowest BCUT2D eigenvalue weighted by atomic mass is 10.2. The topological polar surface area (TPSA) is 95.4 Å². The normalized spacial score (nSPS) is 25.6. The van der Waals surface area contributed by atoms with Crippen molar-refractivity contribution >= 4 is 12.0 Å². The first kappa shape index (κ1) is 15.4. The van der Waals surface area contributed by atoms with Gasteiger partial charge in [-0.3, -0.25) is 4.79 Å². The minimum atomic E-state index is -0.359. The molecule has 3 rings (SSSR count). The maximum atomic E-state index is 12.1. The predicted molar refractivity (Wildman–Crippen MR) is 82.1 cm³/mol. The lowest BCUT2D eigenvalue weighted by Gasteiger charge is -2.21. The molecule has 1 aliphatic heterocycles. The number of carbonyl (C=O) groups excluding carboxylic acids is 2. The summed E-state index contributed by atoms with van der Waals surface area (Å²) in [4.78, 5) is 28.0. The van der Waals surface area contributed by atoms with Crippen LogP contribution in [0.5, 0.6) is 0 Å². The van der Waals surface area contributed by atoms with E-state index in [2.05, 4.69) is 10.0 Å². The summed E-state index contributed by atoms with van der Waals surface area (Å²) in [7, 11) is 0. The lowest BCUT2D eigenvalue weighted by molar-refractivity contribution is -0.119. The number of hydrogen-bond acceptors (Lipinski definition) is 3. The van der Waals surface area contributed by atoms with Crippen LogP contribution in [0.2, 0.25) is 0 Å². The fraction of sp³-hybridized carbons (Fsp3) is 0.500. The van der Waals surface area contributed by atoms with Gasteiger partial charge in [-0.2, -0.15) is 0 Å². The van der Waals surface area contributed by atoms with Crippen LogP contribution < -0.4 is 0 Å². The lowest BCUT2D eigenvalue weighted by Crippen LogP contribution is -2.33. The zero-order valence-corrected chi connectivity index (χ0v) is 12.7. The molecule has 1 aromatic rings. The van der Waals surface area contributed by atoms with Gasteiger partial charge in [0.1, 0.15) is 6.61 Å². The van der Waals surface area contributed by atoms with E-state index in [0.717, 1.165) is 18.4 Å². The molecule has 23 heavy (non-hydrogen) atoms. The van der Waals surface area contributed by atoms with Gasteiger partial charge in [-0.1, -0.05) is 30.3 Å². The third kappa shape index (κ3) is 3.46. The molecule has 0 unspecified atom stereocenters. The van der Waals surface area contributed by atoms with Gasteiger partial charge in [0, 0.05) is 23.9 Å². The van der Waals surface area contributed by atoms with E-state index in [-0.39, 0.29) is 36.4 Å². The van der Waals surface area contributed by atoms with E-state index in [9.17, 15) is 9.59 Å². The van der Waals surface area contributed by atoms with Crippen molar-refractivity contribution in [2.24, 2.45) is 22.9 Å². The first-order valence-corrected chi connectivity index (χ1v) is 7.75. The van der Waals surface area contributed by atoms with Gasteiger partial charge in [0.25, 0.3) is 0 Å². The highest BCUT2D eigenvalue weighted by atomic mass is 16.6. The van der Waals surface area contributed by atoms with Gasteiger partial charge < -0.3 is 9.64 Å². The Bertz CT molecular complexity index is 628. The Morgan fingerprint density at radius 1 is 1.22 bits per heavy atom. The molecule has 2 amide bonds. The zero-order chi connectivity index (χ0) is 16.2. The molecule has 0 radical (unpaired) electrons. The molecule has 0 N–H and O–H groups in total. The third-order valence-corrected chi connectivity index (χ3v) is 4.69. The van der Waals surface area contributed by atoms with Gasteiger partial charge in [-0.25, -0.2) is 4.79 Å². The number of nitrogens with zero attached hydrogens (tertiary/aromatic N) is 4. The van der Waals surface area contributed by atoms with Crippen LogP contribution in [0, 0.1) is 17.8 Å². The van der Waals surface area contributed by atoms with E-state index in [1.807, 2.05) is 30.3 Å². The summed E-state index contributed by atoms with van der Waals surface area (Å²) in [6, 6.07) is 9.56. The number of hydrogen-bond donors (Lipinski definition) is 0. The van der Waals surface area contributed by atoms with Crippen molar-refractivity contribution in [1.29, 1.82) is 0 Å². The molecular weight excluding hydrogens is 296 g/mol. The van der Waals surface area contributed by atoms with Crippen molar-refractivity contribution in [3.63, 3.8) is 0 Å². The van der Waals surface area contributed by atoms with Gasteiger partial charge in [-0.15, -0.1) is 0 Å². The second-order valence-electron chi connectivity index (χ2n) is 5.99. The molecule has 120 valence electrons.